The Kier molecular flexibility index (Phi) is 4.42. The minimum Gasteiger partial charge on any atom is -0.329 e. The number of carbonyl (C=O) groups is 1. The van der Waals surface area contributed by atoms with Crippen molar-refractivity contribution in [3.63, 3.8) is 0 Å². The number of benzene rings is 1. The Balaban J connectivity index is 2.35. The molecule has 2 rings (SSSR count). The molecule has 0 bridgehead atoms. The monoisotopic (exact) mass is 297 g/mol. The number of aryl methyl sites for hydroxylation is 1. The van der Waals surface area contributed by atoms with Crippen molar-refractivity contribution < 1.29 is 13.2 Å². The van der Waals surface area contributed by atoms with Crippen molar-refractivity contribution >= 4 is 21.6 Å². The van der Waals surface area contributed by atoms with Gasteiger partial charge in [0.15, 0.2) is 0 Å². The second kappa shape index (κ2) is 5.90. The SMILES string of the molecule is CC(=O)N1CCCc2cc(S(=O)(=O)NCCN)ccc21. The molecule has 110 valence electrons. The maximum absolute atomic E-state index is 12.0. The summed E-state index contributed by atoms with van der Waals surface area (Å²) in [5.41, 5.74) is 7.00. The molecule has 1 aliphatic heterocycles. The van der Waals surface area contributed by atoms with Gasteiger partial charge >= 0.3 is 0 Å². The number of amides is 1. The number of fused-ring (bicyclic) bond motifs is 1. The van der Waals surface area contributed by atoms with Gasteiger partial charge < -0.3 is 10.6 Å². The van der Waals surface area contributed by atoms with Crippen molar-refractivity contribution in [3.8, 4) is 0 Å². The van der Waals surface area contributed by atoms with Crippen molar-refractivity contribution in [2.24, 2.45) is 5.73 Å². The number of nitrogens with zero attached hydrogens (tertiary/aromatic N) is 1. The summed E-state index contributed by atoms with van der Waals surface area (Å²) in [6.07, 6.45) is 1.62. The number of hydrogen-bond donors (Lipinski definition) is 2. The smallest absolute Gasteiger partial charge is 0.240 e. The number of rotatable bonds is 4. The quantitative estimate of drug-likeness (QED) is 0.831. The van der Waals surface area contributed by atoms with Gasteiger partial charge in [0.05, 0.1) is 4.90 Å². The molecule has 0 atom stereocenters. The molecule has 0 aliphatic carbocycles. The molecule has 3 N–H and O–H groups in total. The van der Waals surface area contributed by atoms with Crippen LogP contribution in [0.2, 0.25) is 0 Å². The topological polar surface area (TPSA) is 92.5 Å². The minimum atomic E-state index is -3.53. The maximum Gasteiger partial charge on any atom is 0.240 e. The lowest BCUT2D eigenvalue weighted by atomic mass is 10.0. The Bertz CT molecular complexity index is 613. The summed E-state index contributed by atoms with van der Waals surface area (Å²) in [7, 11) is -3.53. The molecule has 1 amide bonds. The normalized spacial score (nSPS) is 15.0. The third-order valence-corrected chi connectivity index (χ3v) is 4.76. The Morgan fingerprint density at radius 2 is 2.20 bits per heavy atom. The molecule has 1 aromatic rings. The van der Waals surface area contributed by atoms with Crippen molar-refractivity contribution in [1.29, 1.82) is 0 Å². The van der Waals surface area contributed by atoms with Gasteiger partial charge in [0.25, 0.3) is 0 Å². The largest absolute Gasteiger partial charge is 0.329 e. The lowest BCUT2D eigenvalue weighted by molar-refractivity contribution is -0.116. The van der Waals surface area contributed by atoms with E-state index in [0.717, 1.165) is 24.1 Å². The van der Waals surface area contributed by atoms with E-state index in [-0.39, 0.29) is 23.9 Å². The van der Waals surface area contributed by atoms with Gasteiger partial charge in [-0.25, -0.2) is 13.1 Å². The van der Waals surface area contributed by atoms with Gasteiger partial charge in [0, 0.05) is 32.2 Å². The summed E-state index contributed by atoms with van der Waals surface area (Å²) in [5.74, 6) is -0.0252. The van der Waals surface area contributed by atoms with Crippen LogP contribution in [0, 0.1) is 0 Å². The fourth-order valence-corrected chi connectivity index (χ4v) is 3.44. The van der Waals surface area contributed by atoms with Crippen LogP contribution in [-0.2, 0) is 21.2 Å². The Labute approximate surface area is 119 Å². The fraction of sp³-hybridized carbons (Fsp3) is 0.462. The van der Waals surface area contributed by atoms with Gasteiger partial charge in [-0.1, -0.05) is 0 Å². The van der Waals surface area contributed by atoms with Gasteiger partial charge in [0.2, 0.25) is 15.9 Å². The van der Waals surface area contributed by atoms with Crippen LogP contribution in [0.3, 0.4) is 0 Å². The van der Waals surface area contributed by atoms with Crippen molar-refractivity contribution in [3.05, 3.63) is 23.8 Å². The average molecular weight is 297 g/mol. The molecule has 20 heavy (non-hydrogen) atoms. The van der Waals surface area contributed by atoms with Gasteiger partial charge in [-0.15, -0.1) is 0 Å². The van der Waals surface area contributed by atoms with Crippen LogP contribution in [0.25, 0.3) is 0 Å². The van der Waals surface area contributed by atoms with Crippen molar-refractivity contribution in [2.75, 3.05) is 24.5 Å². The third kappa shape index (κ3) is 3.00. The summed E-state index contributed by atoms with van der Waals surface area (Å²) in [6.45, 7) is 2.66. The van der Waals surface area contributed by atoms with Crippen LogP contribution in [-0.4, -0.2) is 34.0 Å². The molecule has 0 saturated carbocycles. The molecule has 1 aromatic carbocycles. The summed E-state index contributed by atoms with van der Waals surface area (Å²) in [6, 6.07) is 4.87. The average Bonchev–Trinajstić information content (AvgIpc) is 2.43. The first-order valence-electron chi connectivity index (χ1n) is 6.56. The number of hydrogen-bond acceptors (Lipinski definition) is 4. The summed E-state index contributed by atoms with van der Waals surface area (Å²) < 4.78 is 26.5. The summed E-state index contributed by atoms with van der Waals surface area (Å²) >= 11 is 0. The van der Waals surface area contributed by atoms with Crippen LogP contribution in [0.4, 0.5) is 5.69 Å². The second-order valence-corrected chi connectivity index (χ2v) is 6.52. The molecule has 0 saturated heterocycles. The molecule has 0 spiro atoms. The van der Waals surface area contributed by atoms with E-state index >= 15 is 0 Å². The van der Waals surface area contributed by atoms with Gasteiger partial charge in [-0.3, -0.25) is 4.79 Å². The Morgan fingerprint density at radius 3 is 2.85 bits per heavy atom. The first kappa shape index (κ1) is 15.0. The highest BCUT2D eigenvalue weighted by atomic mass is 32.2. The maximum atomic E-state index is 12.0. The lowest BCUT2D eigenvalue weighted by Crippen LogP contribution is -2.34. The molecular formula is C13H19N3O3S. The molecule has 0 fully saturated rings. The zero-order valence-corrected chi connectivity index (χ0v) is 12.2. The van der Waals surface area contributed by atoms with E-state index in [9.17, 15) is 13.2 Å². The number of sulfonamides is 1. The number of carbonyl (C=O) groups excluding carboxylic acids is 1. The standard InChI is InChI=1S/C13H19N3O3S/c1-10(17)16-8-2-3-11-9-12(4-5-13(11)16)20(18,19)15-7-6-14/h4-5,9,15H,2-3,6-8,14H2,1H3. The fourth-order valence-electron chi connectivity index (χ4n) is 2.34. The molecule has 7 heteroatoms. The van der Waals surface area contributed by atoms with Crippen molar-refractivity contribution in [1.82, 2.24) is 4.72 Å². The minimum absolute atomic E-state index is 0.0252. The molecule has 0 radical (unpaired) electrons. The van der Waals surface area contributed by atoms with E-state index in [2.05, 4.69) is 4.72 Å². The first-order chi connectivity index (χ1) is 9.45. The molecule has 1 aliphatic rings. The van der Waals surface area contributed by atoms with Crippen LogP contribution < -0.4 is 15.4 Å². The number of nitrogens with one attached hydrogen (secondary N) is 1. The number of nitrogens with two attached hydrogens (primary N) is 1. The summed E-state index contributed by atoms with van der Waals surface area (Å²) in [5, 5.41) is 0. The first-order valence-corrected chi connectivity index (χ1v) is 8.05. The molecule has 1 heterocycles. The van der Waals surface area contributed by atoms with Gasteiger partial charge in [0.1, 0.15) is 0 Å². The predicted molar refractivity (Wildman–Crippen MR) is 77.0 cm³/mol. The molecule has 0 unspecified atom stereocenters. The van der Waals surface area contributed by atoms with E-state index in [1.165, 1.54) is 13.0 Å². The predicted octanol–water partition coefficient (Wildman–Crippen LogP) is 0.223. The zero-order valence-electron chi connectivity index (χ0n) is 11.4. The highest BCUT2D eigenvalue weighted by molar-refractivity contribution is 7.89. The Morgan fingerprint density at radius 1 is 1.45 bits per heavy atom. The van der Waals surface area contributed by atoms with Crippen LogP contribution >= 0.6 is 0 Å². The second-order valence-electron chi connectivity index (χ2n) is 4.75. The third-order valence-electron chi connectivity index (χ3n) is 3.30. The van der Waals surface area contributed by atoms with E-state index in [1.807, 2.05) is 0 Å². The van der Waals surface area contributed by atoms with Gasteiger partial charge in [-0.2, -0.15) is 0 Å². The number of anilines is 1. The zero-order chi connectivity index (χ0) is 14.8. The molecular weight excluding hydrogens is 278 g/mol. The van der Waals surface area contributed by atoms with E-state index in [4.69, 9.17) is 5.73 Å². The van der Waals surface area contributed by atoms with Crippen LogP contribution in [0.5, 0.6) is 0 Å². The van der Waals surface area contributed by atoms with Gasteiger partial charge in [-0.05, 0) is 36.6 Å². The molecule has 6 nitrogen and oxygen atoms in total. The van der Waals surface area contributed by atoms with Crippen molar-refractivity contribution in [2.45, 2.75) is 24.7 Å². The lowest BCUT2D eigenvalue weighted by Gasteiger charge is -2.28. The van der Waals surface area contributed by atoms with E-state index < -0.39 is 10.0 Å². The van der Waals surface area contributed by atoms with E-state index in [1.54, 1.807) is 17.0 Å². The Hall–Kier alpha value is -1.44. The van der Waals surface area contributed by atoms with E-state index in [0.29, 0.717) is 6.54 Å². The highest BCUT2D eigenvalue weighted by Gasteiger charge is 2.22. The van der Waals surface area contributed by atoms with Crippen LogP contribution in [0.15, 0.2) is 23.1 Å². The van der Waals surface area contributed by atoms with Crippen LogP contribution in [0.1, 0.15) is 18.9 Å². The highest BCUT2D eigenvalue weighted by Crippen LogP contribution is 2.29. The summed E-state index contributed by atoms with van der Waals surface area (Å²) in [4.78, 5) is 13.5. The molecule has 0 aromatic heterocycles.